The average molecular weight is 407 g/mol. The van der Waals surface area contributed by atoms with Crippen LogP contribution >= 0.6 is 0 Å². The van der Waals surface area contributed by atoms with Crippen LogP contribution in [0.15, 0.2) is 95.9 Å². The molecule has 0 fully saturated rings. The standard InChI is InChI=1S/C23H22N2O3S/c26-23(16-11-19-7-3-1-4-8-19)25-21-12-14-22(15-13-21)29(27,28)24-18-17-20-9-5-2-6-10-20/h1-16,24H,17-18H2,(H,25,26)/b16-11+. The van der Waals surface area contributed by atoms with Crippen molar-refractivity contribution in [3.8, 4) is 0 Å². The lowest BCUT2D eigenvalue weighted by Gasteiger charge is -2.08. The molecule has 0 saturated heterocycles. The highest BCUT2D eigenvalue weighted by Crippen LogP contribution is 2.14. The van der Waals surface area contributed by atoms with E-state index in [2.05, 4.69) is 10.0 Å². The zero-order valence-corrected chi connectivity index (χ0v) is 16.6. The topological polar surface area (TPSA) is 75.3 Å². The highest BCUT2D eigenvalue weighted by molar-refractivity contribution is 7.89. The second kappa shape index (κ2) is 9.82. The maximum Gasteiger partial charge on any atom is 0.248 e. The van der Waals surface area contributed by atoms with Crippen LogP contribution in [0.3, 0.4) is 0 Å². The average Bonchev–Trinajstić information content (AvgIpc) is 2.74. The summed E-state index contributed by atoms with van der Waals surface area (Å²) in [5.74, 6) is -0.287. The van der Waals surface area contributed by atoms with Crippen molar-refractivity contribution in [3.05, 3.63) is 102 Å². The van der Waals surface area contributed by atoms with E-state index in [4.69, 9.17) is 0 Å². The minimum absolute atomic E-state index is 0.156. The van der Waals surface area contributed by atoms with Crippen LogP contribution in [0, 0.1) is 0 Å². The van der Waals surface area contributed by atoms with E-state index in [9.17, 15) is 13.2 Å². The fourth-order valence-corrected chi connectivity index (χ4v) is 3.73. The van der Waals surface area contributed by atoms with Crippen molar-refractivity contribution in [3.63, 3.8) is 0 Å². The molecule has 3 aromatic rings. The fraction of sp³-hybridized carbons (Fsp3) is 0.0870. The second-order valence-electron chi connectivity index (χ2n) is 6.39. The van der Waals surface area contributed by atoms with Gasteiger partial charge in [-0.3, -0.25) is 4.79 Å². The Kier molecular flexibility index (Phi) is 6.94. The van der Waals surface area contributed by atoms with Crippen molar-refractivity contribution in [2.24, 2.45) is 0 Å². The molecule has 0 saturated carbocycles. The Labute approximate surface area is 171 Å². The Morgan fingerprint density at radius 1 is 0.828 bits per heavy atom. The van der Waals surface area contributed by atoms with Gasteiger partial charge in [0.15, 0.2) is 0 Å². The molecule has 3 rings (SSSR count). The third kappa shape index (κ3) is 6.41. The maximum absolute atomic E-state index is 12.4. The Bertz CT molecular complexity index is 1060. The van der Waals surface area contributed by atoms with Crippen LogP contribution in [0.4, 0.5) is 5.69 Å². The number of carbonyl (C=O) groups excluding carboxylic acids is 1. The summed E-state index contributed by atoms with van der Waals surface area (Å²) in [6, 6.07) is 25.3. The van der Waals surface area contributed by atoms with Gasteiger partial charge >= 0.3 is 0 Å². The molecule has 0 aliphatic heterocycles. The lowest BCUT2D eigenvalue weighted by molar-refractivity contribution is -0.111. The molecule has 0 atom stereocenters. The summed E-state index contributed by atoms with van der Waals surface area (Å²) >= 11 is 0. The number of rotatable bonds is 8. The summed E-state index contributed by atoms with van der Waals surface area (Å²) in [5.41, 5.74) is 2.51. The largest absolute Gasteiger partial charge is 0.323 e. The van der Waals surface area contributed by atoms with E-state index in [1.54, 1.807) is 18.2 Å². The van der Waals surface area contributed by atoms with Gasteiger partial charge in [0.05, 0.1) is 4.90 Å². The summed E-state index contributed by atoms with van der Waals surface area (Å²) in [5, 5.41) is 2.71. The van der Waals surface area contributed by atoms with Crippen LogP contribution < -0.4 is 10.0 Å². The van der Waals surface area contributed by atoms with Gasteiger partial charge in [0.1, 0.15) is 0 Å². The first-order valence-electron chi connectivity index (χ1n) is 9.21. The number of carbonyl (C=O) groups is 1. The summed E-state index contributed by atoms with van der Waals surface area (Å²) in [7, 11) is -3.60. The van der Waals surface area contributed by atoms with Crippen molar-refractivity contribution in [1.82, 2.24) is 4.72 Å². The molecule has 148 valence electrons. The highest BCUT2D eigenvalue weighted by atomic mass is 32.2. The van der Waals surface area contributed by atoms with E-state index in [0.717, 1.165) is 11.1 Å². The molecule has 0 radical (unpaired) electrons. The molecule has 6 heteroatoms. The zero-order valence-electron chi connectivity index (χ0n) is 15.8. The van der Waals surface area contributed by atoms with Gasteiger partial charge in [-0.1, -0.05) is 60.7 Å². The summed E-state index contributed by atoms with van der Waals surface area (Å²) in [6.45, 7) is 0.315. The van der Waals surface area contributed by atoms with Crippen LogP contribution in [0.1, 0.15) is 11.1 Å². The molecule has 2 N–H and O–H groups in total. The molecule has 3 aromatic carbocycles. The first-order chi connectivity index (χ1) is 14.0. The maximum atomic E-state index is 12.4. The molecule has 0 heterocycles. The minimum atomic E-state index is -3.60. The van der Waals surface area contributed by atoms with Gasteiger partial charge in [0, 0.05) is 18.3 Å². The fourth-order valence-electron chi connectivity index (χ4n) is 2.70. The summed E-state index contributed by atoms with van der Waals surface area (Å²) < 4.78 is 27.4. The second-order valence-corrected chi connectivity index (χ2v) is 8.16. The highest BCUT2D eigenvalue weighted by Gasteiger charge is 2.13. The number of hydrogen-bond donors (Lipinski definition) is 2. The molecule has 0 spiro atoms. The molecule has 0 bridgehead atoms. The number of nitrogens with one attached hydrogen (secondary N) is 2. The molecule has 5 nitrogen and oxygen atoms in total. The van der Waals surface area contributed by atoms with E-state index < -0.39 is 10.0 Å². The molecule has 29 heavy (non-hydrogen) atoms. The summed E-state index contributed by atoms with van der Waals surface area (Å²) in [4.78, 5) is 12.2. The van der Waals surface area contributed by atoms with Gasteiger partial charge in [-0.05, 0) is 47.9 Å². The van der Waals surface area contributed by atoms with Crippen LogP contribution in [-0.4, -0.2) is 20.9 Å². The van der Waals surface area contributed by atoms with E-state index in [-0.39, 0.29) is 10.8 Å². The lowest BCUT2D eigenvalue weighted by atomic mass is 10.2. The van der Waals surface area contributed by atoms with Crippen molar-refractivity contribution in [1.29, 1.82) is 0 Å². The van der Waals surface area contributed by atoms with Crippen molar-refractivity contribution in [2.75, 3.05) is 11.9 Å². The van der Waals surface area contributed by atoms with Crippen LogP contribution in [0.2, 0.25) is 0 Å². The van der Waals surface area contributed by atoms with Crippen LogP contribution in [-0.2, 0) is 21.2 Å². The normalized spacial score (nSPS) is 11.4. The molecule has 0 aliphatic rings. The van der Waals surface area contributed by atoms with E-state index in [1.807, 2.05) is 60.7 Å². The zero-order chi connectivity index (χ0) is 20.5. The SMILES string of the molecule is O=C(/C=C/c1ccccc1)Nc1ccc(S(=O)(=O)NCCc2ccccc2)cc1. The third-order valence-corrected chi connectivity index (χ3v) is 5.68. The van der Waals surface area contributed by atoms with Gasteiger partial charge < -0.3 is 5.32 Å². The quantitative estimate of drug-likeness (QED) is 0.558. The van der Waals surface area contributed by atoms with Gasteiger partial charge in [0.25, 0.3) is 0 Å². The Balaban J connectivity index is 1.54. The molecular weight excluding hydrogens is 384 g/mol. The van der Waals surface area contributed by atoms with Crippen molar-refractivity contribution >= 4 is 27.7 Å². The van der Waals surface area contributed by atoms with Gasteiger partial charge in [-0.25, -0.2) is 13.1 Å². The van der Waals surface area contributed by atoms with Crippen LogP contribution in [0.25, 0.3) is 6.08 Å². The van der Waals surface area contributed by atoms with Gasteiger partial charge in [0.2, 0.25) is 15.9 Å². The number of amides is 1. The number of sulfonamides is 1. The minimum Gasteiger partial charge on any atom is -0.323 e. The summed E-state index contributed by atoms with van der Waals surface area (Å²) in [6.07, 6.45) is 3.76. The van der Waals surface area contributed by atoms with E-state index >= 15 is 0 Å². The monoisotopic (exact) mass is 406 g/mol. The Hall–Kier alpha value is -3.22. The van der Waals surface area contributed by atoms with Gasteiger partial charge in [-0.15, -0.1) is 0 Å². The number of hydrogen-bond acceptors (Lipinski definition) is 3. The Morgan fingerprint density at radius 3 is 2.10 bits per heavy atom. The molecule has 0 aromatic heterocycles. The predicted octanol–water partition coefficient (Wildman–Crippen LogP) is 3.86. The molecule has 0 aliphatic carbocycles. The third-order valence-electron chi connectivity index (χ3n) is 4.21. The number of benzene rings is 3. The molecular formula is C23H22N2O3S. The van der Waals surface area contributed by atoms with Crippen molar-refractivity contribution < 1.29 is 13.2 Å². The van der Waals surface area contributed by atoms with E-state index in [0.29, 0.717) is 18.7 Å². The molecule has 0 unspecified atom stereocenters. The van der Waals surface area contributed by atoms with Crippen LogP contribution in [0.5, 0.6) is 0 Å². The first kappa shape index (κ1) is 20.5. The first-order valence-corrected chi connectivity index (χ1v) is 10.7. The predicted molar refractivity (Wildman–Crippen MR) is 116 cm³/mol. The molecule has 1 amide bonds. The van der Waals surface area contributed by atoms with E-state index in [1.165, 1.54) is 18.2 Å². The van der Waals surface area contributed by atoms with Gasteiger partial charge in [-0.2, -0.15) is 0 Å². The number of anilines is 1. The smallest absolute Gasteiger partial charge is 0.248 e. The Morgan fingerprint density at radius 2 is 1.45 bits per heavy atom. The lowest BCUT2D eigenvalue weighted by Crippen LogP contribution is -2.26. The van der Waals surface area contributed by atoms with Crippen molar-refractivity contribution in [2.45, 2.75) is 11.3 Å².